The summed E-state index contributed by atoms with van der Waals surface area (Å²) in [6.07, 6.45) is 7.08. The van der Waals surface area contributed by atoms with Crippen LogP contribution in [-0.4, -0.2) is 43.5 Å². The number of likely N-dealkylation sites (tertiary alicyclic amines) is 1. The molecule has 0 aliphatic carbocycles. The van der Waals surface area contributed by atoms with Crippen molar-refractivity contribution in [3.63, 3.8) is 0 Å². The normalized spacial score (nSPS) is 17.0. The molecule has 1 N–H and O–H groups in total. The quantitative estimate of drug-likeness (QED) is 0.931. The SMILES string of the molecule is CCc1ccnc(C(=O)N2CCC([C@H](O)c3nccn3C)CC2)c1. The van der Waals surface area contributed by atoms with Crippen LogP contribution in [0, 0.1) is 5.92 Å². The summed E-state index contributed by atoms with van der Waals surface area (Å²) < 4.78 is 1.85. The summed E-state index contributed by atoms with van der Waals surface area (Å²) >= 11 is 0. The van der Waals surface area contributed by atoms with Crippen LogP contribution in [0.4, 0.5) is 0 Å². The molecule has 0 spiro atoms. The molecule has 128 valence electrons. The Balaban J connectivity index is 1.62. The molecule has 6 nitrogen and oxygen atoms in total. The summed E-state index contributed by atoms with van der Waals surface area (Å²) in [4.78, 5) is 22.9. The molecule has 1 amide bonds. The molecular weight excluding hydrogens is 304 g/mol. The molecule has 1 aliphatic heterocycles. The molecule has 1 aliphatic rings. The molecule has 1 atom stereocenters. The molecule has 0 unspecified atom stereocenters. The molecule has 1 saturated heterocycles. The number of hydrogen-bond donors (Lipinski definition) is 1. The Hall–Kier alpha value is -2.21. The summed E-state index contributed by atoms with van der Waals surface area (Å²) in [6.45, 7) is 3.35. The van der Waals surface area contributed by atoms with Crippen LogP contribution < -0.4 is 0 Å². The van der Waals surface area contributed by atoms with Gasteiger partial charge in [0.25, 0.3) is 5.91 Å². The van der Waals surface area contributed by atoms with Crippen LogP contribution in [0.3, 0.4) is 0 Å². The number of aromatic nitrogens is 3. The summed E-state index contributed by atoms with van der Waals surface area (Å²) in [5, 5.41) is 10.5. The highest BCUT2D eigenvalue weighted by molar-refractivity contribution is 5.92. The fourth-order valence-corrected chi connectivity index (χ4v) is 3.26. The Bertz CT molecular complexity index is 705. The second-order valence-electron chi connectivity index (χ2n) is 6.37. The third-order valence-corrected chi connectivity index (χ3v) is 4.85. The minimum absolute atomic E-state index is 0.0183. The molecule has 0 radical (unpaired) electrons. The number of imidazole rings is 1. The fraction of sp³-hybridized carbons (Fsp3) is 0.500. The topological polar surface area (TPSA) is 71.2 Å². The number of nitrogens with zero attached hydrogens (tertiary/aromatic N) is 4. The molecule has 2 aromatic rings. The lowest BCUT2D eigenvalue weighted by Gasteiger charge is -2.33. The second-order valence-corrected chi connectivity index (χ2v) is 6.37. The van der Waals surface area contributed by atoms with Crippen LogP contribution in [0.5, 0.6) is 0 Å². The van der Waals surface area contributed by atoms with Gasteiger partial charge in [-0.05, 0) is 42.9 Å². The molecule has 6 heteroatoms. The van der Waals surface area contributed by atoms with Gasteiger partial charge in [0.2, 0.25) is 0 Å². The Morgan fingerprint density at radius 3 is 2.71 bits per heavy atom. The zero-order valence-electron chi connectivity index (χ0n) is 14.2. The number of carbonyl (C=O) groups excluding carboxylic acids is 1. The Morgan fingerprint density at radius 2 is 2.08 bits per heavy atom. The minimum atomic E-state index is -0.580. The number of piperidine rings is 1. The second kappa shape index (κ2) is 7.13. The first-order valence-corrected chi connectivity index (χ1v) is 8.49. The average Bonchev–Trinajstić information content (AvgIpc) is 3.06. The lowest BCUT2D eigenvalue weighted by atomic mass is 9.90. The van der Waals surface area contributed by atoms with Gasteiger partial charge in [-0.25, -0.2) is 4.98 Å². The lowest BCUT2D eigenvalue weighted by Crippen LogP contribution is -2.40. The van der Waals surface area contributed by atoms with Crippen molar-refractivity contribution >= 4 is 5.91 Å². The van der Waals surface area contributed by atoms with Crippen molar-refractivity contribution in [2.24, 2.45) is 13.0 Å². The maximum Gasteiger partial charge on any atom is 0.272 e. The van der Waals surface area contributed by atoms with Crippen molar-refractivity contribution in [2.45, 2.75) is 32.3 Å². The smallest absolute Gasteiger partial charge is 0.272 e. The first kappa shape index (κ1) is 16.6. The van der Waals surface area contributed by atoms with E-state index in [1.54, 1.807) is 12.4 Å². The summed E-state index contributed by atoms with van der Waals surface area (Å²) in [5.74, 6) is 0.803. The van der Waals surface area contributed by atoms with E-state index in [2.05, 4.69) is 16.9 Å². The van der Waals surface area contributed by atoms with E-state index >= 15 is 0 Å². The van der Waals surface area contributed by atoms with E-state index in [1.807, 2.05) is 34.8 Å². The molecule has 24 heavy (non-hydrogen) atoms. The zero-order valence-corrected chi connectivity index (χ0v) is 14.2. The van der Waals surface area contributed by atoms with Crippen LogP contribution >= 0.6 is 0 Å². The highest BCUT2D eigenvalue weighted by atomic mass is 16.3. The Morgan fingerprint density at radius 1 is 1.33 bits per heavy atom. The van der Waals surface area contributed by atoms with Gasteiger partial charge in [-0.15, -0.1) is 0 Å². The van der Waals surface area contributed by atoms with Gasteiger partial charge in [-0.1, -0.05) is 6.92 Å². The summed E-state index contributed by atoms with van der Waals surface area (Å²) in [7, 11) is 1.89. The van der Waals surface area contributed by atoms with Gasteiger partial charge < -0.3 is 14.6 Å². The maximum absolute atomic E-state index is 12.6. The minimum Gasteiger partial charge on any atom is -0.385 e. The first-order chi connectivity index (χ1) is 11.6. The van der Waals surface area contributed by atoms with E-state index in [0.717, 1.165) is 24.8 Å². The largest absolute Gasteiger partial charge is 0.385 e. The summed E-state index contributed by atoms with van der Waals surface area (Å²) in [6, 6.07) is 3.81. The van der Waals surface area contributed by atoms with E-state index < -0.39 is 6.10 Å². The summed E-state index contributed by atoms with van der Waals surface area (Å²) in [5.41, 5.74) is 1.63. The predicted molar refractivity (Wildman–Crippen MR) is 90.4 cm³/mol. The van der Waals surface area contributed by atoms with Crippen LogP contribution in [0.15, 0.2) is 30.7 Å². The van der Waals surface area contributed by atoms with E-state index in [9.17, 15) is 9.90 Å². The van der Waals surface area contributed by atoms with Gasteiger partial charge >= 0.3 is 0 Å². The molecule has 0 bridgehead atoms. The monoisotopic (exact) mass is 328 g/mol. The average molecular weight is 328 g/mol. The third kappa shape index (κ3) is 3.33. The predicted octanol–water partition coefficient (Wildman–Crippen LogP) is 1.96. The van der Waals surface area contributed by atoms with Crippen LogP contribution in [0.2, 0.25) is 0 Å². The highest BCUT2D eigenvalue weighted by Crippen LogP contribution is 2.30. The first-order valence-electron chi connectivity index (χ1n) is 8.49. The fourth-order valence-electron chi connectivity index (χ4n) is 3.26. The van der Waals surface area contributed by atoms with Crippen molar-refractivity contribution < 1.29 is 9.90 Å². The molecular formula is C18H24N4O2. The Labute approximate surface area is 142 Å². The van der Waals surface area contributed by atoms with Gasteiger partial charge in [0.1, 0.15) is 17.6 Å². The van der Waals surface area contributed by atoms with Crippen molar-refractivity contribution in [3.05, 3.63) is 47.8 Å². The number of aryl methyl sites for hydroxylation is 2. The van der Waals surface area contributed by atoms with Crippen molar-refractivity contribution in [1.82, 2.24) is 19.4 Å². The third-order valence-electron chi connectivity index (χ3n) is 4.85. The molecule has 0 aromatic carbocycles. The standard InChI is InChI=1S/C18H24N4O2/c1-3-13-4-7-19-15(12-13)18(24)22-9-5-14(6-10-22)16(23)17-20-8-11-21(17)2/h4,7-8,11-12,14,16,23H,3,5-6,9-10H2,1-2H3/t16-/m0/s1. The Kier molecular flexibility index (Phi) is 4.94. The molecule has 3 rings (SSSR count). The van der Waals surface area contributed by atoms with Gasteiger partial charge in [0.05, 0.1) is 0 Å². The van der Waals surface area contributed by atoms with Crippen molar-refractivity contribution in [2.75, 3.05) is 13.1 Å². The van der Waals surface area contributed by atoms with E-state index in [1.165, 1.54) is 0 Å². The molecule has 3 heterocycles. The number of rotatable bonds is 4. The van der Waals surface area contributed by atoms with Gasteiger partial charge in [-0.2, -0.15) is 0 Å². The van der Waals surface area contributed by atoms with E-state index in [4.69, 9.17) is 0 Å². The number of carbonyl (C=O) groups is 1. The maximum atomic E-state index is 12.6. The van der Waals surface area contributed by atoms with Gasteiger partial charge in [0, 0.05) is 38.7 Å². The number of amides is 1. The molecule has 1 fully saturated rings. The number of pyridine rings is 1. The highest BCUT2D eigenvalue weighted by Gasteiger charge is 2.30. The van der Waals surface area contributed by atoms with Crippen molar-refractivity contribution in [1.29, 1.82) is 0 Å². The van der Waals surface area contributed by atoms with E-state index in [0.29, 0.717) is 24.6 Å². The number of hydrogen-bond acceptors (Lipinski definition) is 4. The van der Waals surface area contributed by atoms with Crippen LogP contribution in [-0.2, 0) is 13.5 Å². The number of aliphatic hydroxyl groups is 1. The van der Waals surface area contributed by atoms with E-state index in [-0.39, 0.29) is 11.8 Å². The van der Waals surface area contributed by atoms with Gasteiger partial charge in [-0.3, -0.25) is 9.78 Å². The zero-order chi connectivity index (χ0) is 17.1. The van der Waals surface area contributed by atoms with Crippen LogP contribution in [0.1, 0.15) is 47.7 Å². The van der Waals surface area contributed by atoms with Gasteiger partial charge in [0.15, 0.2) is 0 Å². The molecule has 2 aromatic heterocycles. The number of aliphatic hydroxyl groups excluding tert-OH is 1. The van der Waals surface area contributed by atoms with Crippen LogP contribution in [0.25, 0.3) is 0 Å². The lowest BCUT2D eigenvalue weighted by molar-refractivity contribution is 0.0417. The molecule has 0 saturated carbocycles. The van der Waals surface area contributed by atoms with Crippen molar-refractivity contribution in [3.8, 4) is 0 Å².